The molecule has 1 rings (SSSR count). The van der Waals surface area contributed by atoms with Gasteiger partial charge in [0.2, 0.25) is 5.91 Å². The van der Waals surface area contributed by atoms with Crippen molar-refractivity contribution in [3.63, 3.8) is 0 Å². The summed E-state index contributed by atoms with van der Waals surface area (Å²) in [5, 5.41) is 2.94. The summed E-state index contributed by atoms with van der Waals surface area (Å²) < 4.78 is 0. The van der Waals surface area contributed by atoms with Crippen LogP contribution in [-0.2, 0) is 4.79 Å². The molecule has 0 aliphatic carbocycles. The number of carbonyl (C=O) groups is 1. The third kappa shape index (κ3) is 3.46. The van der Waals surface area contributed by atoms with Crippen molar-refractivity contribution in [2.45, 2.75) is 45.7 Å². The SMILES string of the molecule is CCCNC(=O)C(C)N1CCC(C(C)N)C1. The summed E-state index contributed by atoms with van der Waals surface area (Å²) in [6, 6.07) is 0.214. The van der Waals surface area contributed by atoms with Crippen LogP contribution in [0.5, 0.6) is 0 Å². The van der Waals surface area contributed by atoms with Crippen LogP contribution >= 0.6 is 0 Å². The highest BCUT2D eigenvalue weighted by atomic mass is 16.2. The zero-order valence-corrected chi connectivity index (χ0v) is 10.7. The van der Waals surface area contributed by atoms with E-state index in [0.29, 0.717) is 5.92 Å². The number of likely N-dealkylation sites (tertiary alicyclic amines) is 1. The van der Waals surface area contributed by atoms with Crippen LogP contribution in [0.2, 0.25) is 0 Å². The van der Waals surface area contributed by atoms with Crippen molar-refractivity contribution in [3.05, 3.63) is 0 Å². The van der Waals surface area contributed by atoms with Crippen LogP contribution < -0.4 is 11.1 Å². The Balaban J connectivity index is 2.38. The summed E-state index contributed by atoms with van der Waals surface area (Å²) in [5.41, 5.74) is 5.89. The Hall–Kier alpha value is -0.610. The number of rotatable bonds is 5. The first-order chi connectivity index (χ1) is 7.56. The first kappa shape index (κ1) is 13.5. The average molecular weight is 227 g/mol. The predicted octanol–water partition coefficient (Wildman–Crippen LogP) is 0.570. The first-order valence-electron chi connectivity index (χ1n) is 6.33. The summed E-state index contributed by atoms with van der Waals surface area (Å²) in [7, 11) is 0. The van der Waals surface area contributed by atoms with E-state index in [2.05, 4.69) is 24.1 Å². The van der Waals surface area contributed by atoms with E-state index in [1.807, 2.05) is 6.92 Å². The number of carbonyl (C=O) groups excluding carboxylic acids is 1. The van der Waals surface area contributed by atoms with Gasteiger partial charge in [-0.05, 0) is 39.2 Å². The van der Waals surface area contributed by atoms with Gasteiger partial charge in [-0.3, -0.25) is 9.69 Å². The van der Waals surface area contributed by atoms with Crippen LogP contribution in [0.4, 0.5) is 0 Å². The summed E-state index contributed by atoms with van der Waals surface area (Å²) in [4.78, 5) is 14.0. The Labute approximate surface area is 98.6 Å². The van der Waals surface area contributed by atoms with Crippen LogP contribution in [0.25, 0.3) is 0 Å². The fourth-order valence-electron chi connectivity index (χ4n) is 2.16. The first-order valence-corrected chi connectivity index (χ1v) is 6.33. The van der Waals surface area contributed by atoms with Gasteiger partial charge in [0, 0.05) is 19.1 Å². The lowest BCUT2D eigenvalue weighted by Gasteiger charge is -2.24. The van der Waals surface area contributed by atoms with Gasteiger partial charge in [-0.15, -0.1) is 0 Å². The topological polar surface area (TPSA) is 58.4 Å². The normalized spacial score (nSPS) is 25.4. The minimum atomic E-state index is -0.0182. The maximum Gasteiger partial charge on any atom is 0.237 e. The third-order valence-electron chi connectivity index (χ3n) is 3.48. The van der Waals surface area contributed by atoms with Crippen LogP contribution in [0.1, 0.15) is 33.6 Å². The molecule has 1 aliphatic heterocycles. The number of nitrogens with one attached hydrogen (secondary N) is 1. The monoisotopic (exact) mass is 227 g/mol. The standard InChI is InChI=1S/C12H25N3O/c1-4-6-14-12(16)10(3)15-7-5-11(8-15)9(2)13/h9-11H,4-8,13H2,1-3H3,(H,14,16). The number of amides is 1. The fraction of sp³-hybridized carbons (Fsp3) is 0.917. The summed E-state index contributed by atoms with van der Waals surface area (Å²) >= 11 is 0. The van der Waals surface area contributed by atoms with Gasteiger partial charge in [0.15, 0.2) is 0 Å². The van der Waals surface area contributed by atoms with Crippen LogP contribution in [0, 0.1) is 5.92 Å². The van der Waals surface area contributed by atoms with Crippen molar-refractivity contribution in [3.8, 4) is 0 Å². The van der Waals surface area contributed by atoms with Gasteiger partial charge in [-0.25, -0.2) is 0 Å². The molecule has 0 aromatic carbocycles. The molecule has 0 spiro atoms. The third-order valence-corrected chi connectivity index (χ3v) is 3.48. The van der Waals surface area contributed by atoms with Crippen LogP contribution in [0.3, 0.4) is 0 Å². The van der Waals surface area contributed by atoms with Gasteiger partial charge in [0.05, 0.1) is 6.04 Å². The number of hydrogen-bond acceptors (Lipinski definition) is 3. The lowest BCUT2D eigenvalue weighted by atomic mass is 10.0. The lowest BCUT2D eigenvalue weighted by Crippen LogP contribution is -2.44. The summed E-state index contributed by atoms with van der Waals surface area (Å²) in [6.45, 7) is 8.82. The second kappa shape index (κ2) is 6.21. The highest BCUT2D eigenvalue weighted by molar-refractivity contribution is 5.81. The zero-order chi connectivity index (χ0) is 12.1. The average Bonchev–Trinajstić information content (AvgIpc) is 2.74. The summed E-state index contributed by atoms with van der Waals surface area (Å²) in [5.74, 6) is 0.689. The molecular formula is C12H25N3O. The van der Waals surface area contributed by atoms with Gasteiger partial charge in [-0.1, -0.05) is 6.92 Å². The van der Waals surface area contributed by atoms with Gasteiger partial charge in [0.1, 0.15) is 0 Å². The van der Waals surface area contributed by atoms with E-state index in [1.165, 1.54) is 0 Å². The maximum atomic E-state index is 11.8. The molecule has 0 aromatic heterocycles. The van der Waals surface area contributed by atoms with E-state index in [9.17, 15) is 4.79 Å². The highest BCUT2D eigenvalue weighted by Crippen LogP contribution is 2.20. The smallest absolute Gasteiger partial charge is 0.237 e. The van der Waals surface area contributed by atoms with Gasteiger partial charge >= 0.3 is 0 Å². The molecule has 16 heavy (non-hydrogen) atoms. The molecule has 4 nitrogen and oxygen atoms in total. The fourth-order valence-corrected chi connectivity index (χ4v) is 2.16. The van der Waals surface area contributed by atoms with Crippen molar-refractivity contribution in [2.75, 3.05) is 19.6 Å². The Morgan fingerprint density at radius 3 is 2.75 bits per heavy atom. The molecule has 3 unspecified atom stereocenters. The van der Waals surface area contributed by atoms with Crippen molar-refractivity contribution in [2.24, 2.45) is 11.7 Å². The molecule has 0 saturated carbocycles. The highest BCUT2D eigenvalue weighted by Gasteiger charge is 2.30. The molecule has 1 aliphatic rings. The molecule has 0 radical (unpaired) electrons. The van der Waals surface area contributed by atoms with Crippen molar-refractivity contribution >= 4 is 5.91 Å². The molecule has 0 aromatic rings. The van der Waals surface area contributed by atoms with E-state index in [0.717, 1.165) is 32.5 Å². The van der Waals surface area contributed by atoms with E-state index in [4.69, 9.17) is 5.73 Å². The number of nitrogens with zero attached hydrogens (tertiary/aromatic N) is 1. The molecule has 4 heteroatoms. The number of hydrogen-bond donors (Lipinski definition) is 2. The second-order valence-corrected chi connectivity index (χ2v) is 4.87. The molecular weight excluding hydrogens is 202 g/mol. The van der Waals surface area contributed by atoms with E-state index in [1.54, 1.807) is 0 Å². The Bertz CT molecular complexity index is 230. The zero-order valence-electron chi connectivity index (χ0n) is 10.7. The van der Waals surface area contributed by atoms with E-state index < -0.39 is 0 Å². The molecule has 1 amide bonds. The van der Waals surface area contributed by atoms with Gasteiger partial charge in [0.25, 0.3) is 0 Å². The second-order valence-electron chi connectivity index (χ2n) is 4.87. The van der Waals surface area contributed by atoms with Crippen LogP contribution in [0.15, 0.2) is 0 Å². The van der Waals surface area contributed by atoms with Gasteiger partial charge in [-0.2, -0.15) is 0 Å². The minimum absolute atomic E-state index is 0.0182. The molecule has 1 heterocycles. The Kier molecular flexibility index (Phi) is 5.22. The molecule has 3 atom stereocenters. The molecule has 0 bridgehead atoms. The van der Waals surface area contributed by atoms with E-state index >= 15 is 0 Å². The van der Waals surface area contributed by atoms with Crippen molar-refractivity contribution < 1.29 is 4.79 Å². The molecule has 1 saturated heterocycles. The van der Waals surface area contributed by atoms with E-state index in [-0.39, 0.29) is 18.0 Å². The predicted molar refractivity (Wildman–Crippen MR) is 66.1 cm³/mol. The quantitative estimate of drug-likeness (QED) is 0.722. The maximum absolute atomic E-state index is 11.8. The minimum Gasteiger partial charge on any atom is -0.355 e. The Morgan fingerprint density at radius 2 is 2.25 bits per heavy atom. The van der Waals surface area contributed by atoms with Crippen LogP contribution in [-0.4, -0.2) is 42.5 Å². The summed E-state index contributed by atoms with van der Waals surface area (Å²) in [6.07, 6.45) is 2.10. The molecule has 1 fully saturated rings. The molecule has 3 N–H and O–H groups in total. The Morgan fingerprint density at radius 1 is 1.56 bits per heavy atom. The number of nitrogens with two attached hydrogens (primary N) is 1. The van der Waals surface area contributed by atoms with Crippen molar-refractivity contribution in [1.29, 1.82) is 0 Å². The lowest BCUT2D eigenvalue weighted by molar-refractivity contribution is -0.125. The van der Waals surface area contributed by atoms with Crippen molar-refractivity contribution in [1.82, 2.24) is 10.2 Å². The largest absolute Gasteiger partial charge is 0.355 e. The molecule has 94 valence electrons. The van der Waals surface area contributed by atoms with Gasteiger partial charge < -0.3 is 11.1 Å².